The van der Waals surface area contributed by atoms with Gasteiger partial charge in [-0.05, 0) is 96.2 Å². The highest BCUT2D eigenvalue weighted by Gasteiger charge is 2.26. The van der Waals surface area contributed by atoms with E-state index in [1.807, 2.05) is 52.3 Å². The number of carbonyl (C=O) groups excluding carboxylic acids is 4. The van der Waals surface area contributed by atoms with Crippen LogP contribution in [0.5, 0.6) is 0 Å². The SMILES string of the molecule is NCc1cccc(C2CCN(C(=O)c3cc(Cl)cc(SCC(=O)CO)c3)CC2)c1.NCc1cccc(C2CCN(C(=O)c3cccc(SCC(=O)CO)c3)CC2)c1. The van der Waals surface area contributed by atoms with E-state index in [0.29, 0.717) is 54.2 Å². The molecule has 2 amide bonds. The van der Waals surface area contributed by atoms with E-state index < -0.39 is 13.2 Å². The number of carbonyl (C=O) groups is 4. The van der Waals surface area contributed by atoms with Crippen molar-refractivity contribution in [2.45, 2.75) is 60.4 Å². The van der Waals surface area contributed by atoms with Crippen LogP contribution in [0.25, 0.3) is 0 Å². The fourth-order valence-corrected chi connectivity index (χ4v) is 9.00. The fourth-order valence-electron chi connectivity index (χ4n) is 7.05. The molecule has 2 aliphatic rings. The number of benzene rings is 4. The molecule has 2 aliphatic heterocycles. The molecule has 0 aromatic heterocycles. The van der Waals surface area contributed by atoms with E-state index in [9.17, 15) is 19.2 Å². The second-order valence-electron chi connectivity index (χ2n) is 14.2. The maximum atomic E-state index is 13.0. The molecule has 6 rings (SSSR count). The highest BCUT2D eigenvalue weighted by Crippen LogP contribution is 2.32. The van der Waals surface area contributed by atoms with Crippen LogP contribution in [0.15, 0.2) is 101 Å². The molecule has 4 aromatic rings. The number of aliphatic hydroxyl groups is 2. The molecule has 4 aromatic carbocycles. The summed E-state index contributed by atoms with van der Waals surface area (Å²) in [7, 11) is 0. The van der Waals surface area contributed by atoms with Gasteiger partial charge in [0.05, 0.1) is 11.5 Å². The highest BCUT2D eigenvalue weighted by atomic mass is 35.5. The van der Waals surface area contributed by atoms with Gasteiger partial charge < -0.3 is 31.5 Å². The van der Waals surface area contributed by atoms with Crippen molar-refractivity contribution in [1.29, 1.82) is 0 Å². The van der Waals surface area contributed by atoms with Gasteiger partial charge in [-0.25, -0.2) is 0 Å². The lowest BCUT2D eigenvalue weighted by molar-refractivity contribution is -0.119. The maximum absolute atomic E-state index is 13.0. The number of Topliss-reactive ketones (excluding diaryl/α,β-unsaturated/α-hetero) is 2. The molecule has 6 N–H and O–H groups in total. The van der Waals surface area contributed by atoms with Gasteiger partial charge in [0.2, 0.25) is 0 Å². The van der Waals surface area contributed by atoms with E-state index in [2.05, 4.69) is 30.3 Å². The zero-order valence-electron chi connectivity index (χ0n) is 32.0. The Balaban J connectivity index is 0.000000218. The standard InChI is InChI=1S/C22H25ClN2O3S.C22H26N2O3S/c23-19-9-18(10-21(11-19)29-14-20(27)13-26)22(28)25-6-4-16(5-7-25)17-3-1-2-15(8-17)12-24;23-13-16-3-1-4-18(11-16)17-7-9-24(10-8-17)22(27)19-5-2-6-21(12-19)28-15-20(26)14-25/h1-3,8-11,16,26H,4-7,12-14,24H2;1-6,11-12,17,25H,7-10,13-15,23H2. The van der Waals surface area contributed by atoms with Crippen LogP contribution in [0, 0.1) is 0 Å². The van der Waals surface area contributed by atoms with Crippen LogP contribution in [0.4, 0.5) is 0 Å². The zero-order chi connectivity index (χ0) is 40.7. The van der Waals surface area contributed by atoms with Crippen LogP contribution in [0.1, 0.15) is 80.5 Å². The highest BCUT2D eigenvalue weighted by molar-refractivity contribution is 8.00. The van der Waals surface area contributed by atoms with Crippen molar-refractivity contribution in [3.05, 3.63) is 129 Å². The molecule has 0 aliphatic carbocycles. The lowest BCUT2D eigenvalue weighted by atomic mass is 9.88. The first-order chi connectivity index (χ1) is 27.6. The maximum Gasteiger partial charge on any atom is 0.253 e. The van der Waals surface area contributed by atoms with Gasteiger partial charge in [0.25, 0.3) is 11.8 Å². The first kappa shape index (κ1) is 44.1. The number of halogens is 1. The molecule has 57 heavy (non-hydrogen) atoms. The van der Waals surface area contributed by atoms with Gasteiger partial charge in [-0.2, -0.15) is 0 Å². The third-order valence-corrected chi connectivity index (χ3v) is 12.5. The van der Waals surface area contributed by atoms with E-state index in [0.717, 1.165) is 59.7 Å². The summed E-state index contributed by atoms with van der Waals surface area (Å²) in [6, 6.07) is 29.3. The first-order valence-corrected chi connectivity index (χ1v) is 21.5. The van der Waals surface area contributed by atoms with Crippen LogP contribution < -0.4 is 11.5 Å². The number of aliphatic hydroxyl groups excluding tert-OH is 2. The quantitative estimate of drug-likeness (QED) is 0.106. The smallest absolute Gasteiger partial charge is 0.253 e. The number of hydrogen-bond donors (Lipinski definition) is 4. The van der Waals surface area contributed by atoms with Crippen molar-refractivity contribution < 1.29 is 29.4 Å². The summed E-state index contributed by atoms with van der Waals surface area (Å²) in [6.45, 7) is 2.99. The predicted octanol–water partition coefficient (Wildman–Crippen LogP) is 6.29. The Kier molecular flexibility index (Phi) is 17.2. The van der Waals surface area contributed by atoms with Crippen LogP contribution in [0.3, 0.4) is 0 Å². The number of nitrogens with two attached hydrogens (primary N) is 2. The Bertz CT molecular complexity index is 2000. The summed E-state index contributed by atoms with van der Waals surface area (Å²) in [4.78, 5) is 53.9. The Morgan fingerprint density at radius 1 is 0.596 bits per heavy atom. The van der Waals surface area contributed by atoms with Crippen molar-refractivity contribution in [3.63, 3.8) is 0 Å². The molecule has 0 unspecified atom stereocenters. The van der Waals surface area contributed by atoms with Crippen LogP contribution in [-0.4, -0.2) is 94.3 Å². The van der Waals surface area contributed by atoms with E-state index in [1.165, 1.54) is 34.7 Å². The van der Waals surface area contributed by atoms with E-state index in [-0.39, 0.29) is 34.9 Å². The number of hydrogen-bond acceptors (Lipinski definition) is 10. The molecule has 2 saturated heterocycles. The minimum atomic E-state index is -0.484. The number of amides is 2. The molecule has 0 saturated carbocycles. The molecular formula is C44H51ClN4O6S2. The number of ketones is 2. The summed E-state index contributed by atoms with van der Waals surface area (Å²) in [5, 5.41) is 18.1. The van der Waals surface area contributed by atoms with Gasteiger partial charge >= 0.3 is 0 Å². The Labute approximate surface area is 348 Å². The molecule has 2 fully saturated rings. The van der Waals surface area contributed by atoms with Crippen molar-refractivity contribution in [1.82, 2.24) is 9.80 Å². The summed E-state index contributed by atoms with van der Waals surface area (Å²) in [6.07, 6.45) is 3.71. The van der Waals surface area contributed by atoms with Gasteiger partial charge in [0, 0.05) is 65.2 Å². The monoisotopic (exact) mass is 830 g/mol. The van der Waals surface area contributed by atoms with Gasteiger partial charge in [0.1, 0.15) is 13.2 Å². The third kappa shape index (κ3) is 13.0. The van der Waals surface area contributed by atoms with Gasteiger partial charge in [-0.15, -0.1) is 23.5 Å². The van der Waals surface area contributed by atoms with Crippen molar-refractivity contribution in [2.24, 2.45) is 11.5 Å². The lowest BCUT2D eigenvalue weighted by Gasteiger charge is -2.32. The van der Waals surface area contributed by atoms with Crippen molar-refractivity contribution >= 4 is 58.5 Å². The summed E-state index contributed by atoms with van der Waals surface area (Å²) >= 11 is 8.80. The molecule has 2 heterocycles. The third-order valence-electron chi connectivity index (χ3n) is 10.2. The largest absolute Gasteiger partial charge is 0.389 e. The molecule has 0 spiro atoms. The van der Waals surface area contributed by atoms with E-state index >= 15 is 0 Å². The van der Waals surface area contributed by atoms with E-state index in [4.69, 9.17) is 33.3 Å². The number of likely N-dealkylation sites (tertiary alicyclic amines) is 2. The number of piperidine rings is 2. The molecular weight excluding hydrogens is 780 g/mol. The van der Waals surface area contributed by atoms with Crippen molar-refractivity contribution in [2.75, 3.05) is 50.9 Å². The Morgan fingerprint density at radius 2 is 1.05 bits per heavy atom. The normalized spacial score (nSPS) is 14.8. The average molecular weight is 832 g/mol. The van der Waals surface area contributed by atoms with Gasteiger partial charge in [0.15, 0.2) is 11.6 Å². The second kappa shape index (κ2) is 22.2. The molecule has 0 bridgehead atoms. The summed E-state index contributed by atoms with van der Waals surface area (Å²) in [5.74, 6) is 0.759. The van der Waals surface area contributed by atoms with E-state index in [1.54, 1.807) is 18.2 Å². The van der Waals surface area contributed by atoms with Gasteiger partial charge in [-0.3, -0.25) is 19.2 Å². The minimum absolute atomic E-state index is 0.0325. The first-order valence-electron chi connectivity index (χ1n) is 19.2. The van der Waals surface area contributed by atoms with Crippen LogP contribution >= 0.6 is 35.1 Å². The topological polar surface area (TPSA) is 167 Å². The van der Waals surface area contributed by atoms with Gasteiger partial charge in [-0.1, -0.05) is 66.2 Å². The lowest BCUT2D eigenvalue weighted by Crippen LogP contribution is -2.38. The number of thioether (sulfide) groups is 2. The predicted molar refractivity (Wildman–Crippen MR) is 228 cm³/mol. The van der Waals surface area contributed by atoms with Crippen LogP contribution in [0.2, 0.25) is 5.02 Å². The second-order valence-corrected chi connectivity index (χ2v) is 16.7. The molecule has 13 heteroatoms. The fraction of sp³-hybridized carbons (Fsp3) is 0.364. The van der Waals surface area contributed by atoms with Crippen LogP contribution in [-0.2, 0) is 22.7 Å². The summed E-state index contributed by atoms with van der Waals surface area (Å²) in [5.41, 5.74) is 17.5. The number of nitrogens with zero attached hydrogens (tertiary/aromatic N) is 2. The molecule has 10 nitrogen and oxygen atoms in total. The minimum Gasteiger partial charge on any atom is -0.389 e. The summed E-state index contributed by atoms with van der Waals surface area (Å²) < 4.78 is 0. The van der Waals surface area contributed by atoms with Crippen molar-refractivity contribution in [3.8, 4) is 0 Å². The molecule has 0 radical (unpaired) electrons. The zero-order valence-corrected chi connectivity index (χ0v) is 34.4. The molecule has 0 atom stereocenters. The Morgan fingerprint density at radius 3 is 1.54 bits per heavy atom. The Hall–Kier alpha value is -4.01. The number of rotatable bonds is 14. The molecule has 302 valence electrons. The average Bonchev–Trinajstić information content (AvgIpc) is 3.27.